The van der Waals surface area contributed by atoms with Crippen molar-refractivity contribution in [3.05, 3.63) is 11.4 Å². The van der Waals surface area contributed by atoms with Crippen molar-refractivity contribution in [2.75, 3.05) is 13.2 Å². The van der Waals surface area contributed by atoms with Crippen molar-refractivity contribution in [3.8, 4) is 0 Å². The van der Waals surface area contributed by atoms with E-state index in [-0.39, 0.29) is 18.5 Å². The van der Waals surface area contributed by atoms with Crippen LogP contribution in [-0.2, 0) is 18.4 Å². The van der Waals surface area contributed by atoms with Crippen LogP contribution in [0.25, 0.3) is 0 Å². The summed E-state index contributed by atoms with van der Waals surface area (Å²) in [5, 5.41) is 0.0798. The predicted molar refractivity (Wildman–Crippen MR) is 50.7 cm³/mol. The van der Waals surface area contributed by atoms with Crippen molar-refractivity contribution in [2.45, 2.75) is 20.8 Å². The summed E-state index contributed by atoms with van der Waals surface area (Å²) in [7, 11) is -3.34. The maximum Gasteiger partial charge on any atom is 0.364 e. The first-order valence-electron chi connectivity index (χ1n) is 4.15. The van der Waals surface area contributed by atoms with E-state index >= 15 is 0 Å². The summed E-state index contributed by atoms with van der Waals surface area (Å²) >= 11 is 0. The van der Waals surface area contributed by atoms with Crippen LogP contribution in [0.5, 0.6) is 0 Å². The number of allylic oxidation sites excluding steroid dienone is 2. The normalized spacial score (nSPS) is 13.0. The van der Waals surface area contributed by atoms with Gasteiger partial charge in [0, 0.05) is 0 Å². The smallest absolute Gasteiger partial charge is 0.305 e. The van der Waals surface area contributed by atoms with Gasteiger partial charge in [0.2, 0.25) is 0 Å². The lowest BCUT2D eigenvalue weighted by Gasteiger charge is -2.15. The van der Waals surface area contributed by atoms with E-state index in [1.807, 2.05) is 0 Å². The molecule has 0 amide bonds. The summed E-state index contributed by atoms with van der Waals surface area (Å²) in [5.41, 5.74) is 0. The Kier molecular flexibility index (Phi) is 5.88. The Bertz CT molecular complexity index is 224. The van der Waals surface area contributed by atoms with Crippen molar-refractivity contribution in [3.63, 3.8) is 0 Å². The highest BCUT2D eigenvalue weighted by molar-refractivity contribution is 7.59. The highest BCUT2D eigenvalue weighted by Gasteiger charge is 2.28. The Morgan fingerprint density at radius 2 is 1.77 bits per heavy atom. The van der Waals surface area contributed by atoms with Gasteiger partial charge in [-0.25, -0.2) is 0 Å². The van der Waals surface area contributed by atoms with Crippen molar-refractivity contribution < 1.29 is 18.4 Å². The van der Waals surface area contributed by atoms with E-state index in [4.69, 9.17) is 9.05 Å². The van der Waals surface area contributed by atoms with Crippen LogP contribution >= 0.6 is 7.60 Å². The monoisotopic (exact) mass is 206 g/mol. The van der Waals surface area contributed by atoms with Crippen LogP contribution in [0.1, 0.15) is 20.8 Å². The summed E-state index contributed by atoms with van der Waals surface area (Å²) in [6, 6.07) is 0. The van der Waals surface area contributed by atoms with E-state index in [2.05, 4.69) is 0 Å². The number of carbonyl (C=O) groups is 1. The summed E-state index contributed by atoms with van der Waals surface area (Å²) in [6.45, 7) is 5.52. The van der Waals surface area contributed by atoms with E-state index in [0.29, 0.717) is 6.29 Å². The maximum atomic E-state index is 11.8. The van der Waals surface area contributed by atoms with E-state index in [1.165, 1.54) is 6.08 Å². The second-order valence-corrected chi connectivity index (χ2v) is 4.19. The fraction of sp³-hybridized carbons (Fsp3) is 0.625. The van der Waals surface area contributed by atoms with Crippen LogP contribution < -0.4 is 0 Å². The van der Waals surface area contributed by atoms with Gasteiger partial charge in [0.05, 0.1) is 18.5 Å². The molecule has 0 rings (SSSR count). The minimum Gasteiger partial charge on any atom is -0.305 e. The molecule has 0 unspecified atom stereocenters. The molecule has 0 aromatic rings. The number of carbonyl (C=O) groups excluding carboxylic acids is 1. The molecule has 0 N–H and O–H groups in total. The third-order valence-corrected chi connectivity index (χ3v) is 3.52. The third-order valence-electron chi connectivity index (χ3n) is 1.33. The average molecular weight is 206 g/mol. The van der Waals surface area contributed by atoms with Gasteiger partial charge in [-0.1, -0.05) is 6.08 Å². The number of hydrogen-bond donors (Lipinski definition) is 0. The van der Waals surface area contributed by atoms with Gasteiger partial charge in [-0.3, -0.25) is 9.36 Å². The zero-order chi connectivity index (χ0) is 10.3. The zero-order valence-corrected chi connectivity index (χ0v) is 9.04. The average Bonchev–Trinajstić information content (AvgIpc) is 2.07. The maximum absolute atomic E-state index is 11.8. The molecule has 0 atom stereocenters. The predicted octanol–water partition coefficient (Wildman–Crippen LogP) is 2.36. The third kappa shape index (κ3) is 3.43. The molecular weight excluding hydrogens is 191 g/mol. The summed E-state index contributed by atoms with van der Waals surface area (Å²) in [5.74, 6) is 0. The van der Waals surface area contributed by atoms with Crippen LogP contribution in [0.3, 0.4) is 0 Å². The summed E-state index contributed by atoms with van der Waals surface area (Å²) < 4.78 is 21.7. The van der Waals surface area contributed by atoms with E-state index in [9.17, 15) is 9.36 Å². The van der Waals surface area contributed by atoms with Crippen LogP contribution in [0.15, 0.2) is 11.4 Å². The molecule has 0 aliphatic carbocycles. The van der Waals surface area contributed by atoms with Gasteiger partial charge >= 0.3 is 7.60 Å². The van der Waals surface area contributed by atoms with Gasteiger partial charge in [-0.05, 0) is 20.8 Å². The topological polar surface area (TPSA) is 52.6 Å². The second kappa shape index (κ2) is 6.08. The van der Waals surface area contributed by atoms with Gasteiger partial charge in [-0.15, -0.1) is 0 Å². The SMILES string of the molecule is C/C=C(/C=O)P(=O)(OCC)OCC. The van der Waals surface area contributed by atoms with Gasteiger partial charge in [0.25, 0.3) is 0 Å². The molecule has 13 heavy (non-hydrogen) atoms. The quantitative estimate of drug-likeness (QED) is 0.380. The van der Waals surface area contributed by atoms with Crippen molar-refractivity contribution in [1.29, 1.82) is 0 Å². The number of aldehydes is 1. The molecule has 4 nitrogen and oxygen atoms in total. The molecule has 0 bridgehead atoms. The largest absolute Gasteiger partial charge is 0.364 e. The molecule has 5 heteroatoms. The Morgan fingerprint density at radius 1 is 1.31 bits per heavy atom. The molecule has 0 aliphatic rings. The molecule has 0 aliphatic heterocycles. The van der Waals surface area contributed by atoms with E-state index in [1.54, 1.807) is 20.8 Å². The fourth-order valence-corrected chi connectivity index (χ4v) is 2.31. The molecule has 0 saturated heterocycles. The molecule has 0 spiro atoms. The number of rotatable bonds is 6. The highest BCUT2D eigenvalue weighted by Crippen LogP contribution is 2.54. The molecule has 0 saturated carbocycles. The van der Waals surface area contributed by atoms with Gasteiger partial charge in [-0.2, -0.15) is 0 Å². The Morgan fingerprint density at radius 3 is 2.00 bits per heavy atom. The molecule has 0 aromatic heterocycles. The minimum atomic E-state index is -3.34. The second-order valence-electron chi connectivity index (χ2n) is 2.16. The molecular formula is C8H15O4P. The highest BCUT2D eigenvalue weighted by atomic mass is 31.2. The lowest BCUT2D eigenvalue weighted by atomic mass is 10.6. The van der Waals surface area contributed by atoms with Gasteiger partial charge in [0.1, 0.15) is 0 Å². The first-order valence-corrected chi connectivity index (χ1v) is 5.70. The van der Waals surface area contributed by atoms with Crippen molar-refractivity contribution >= 4 is 13.9 Å². The van der Waals surface area contributed by atoms with Crippen molar-refractivity contribution in [1.82, 2.24) is 0 Å². The van der Waals surface area contributed by atoms with Crippen LogP contribution in [-0.4, -0.2) is 19.5 Å². The van der Waals surface area contributed by atoms with Gasteiger partial charge < -0.3 is 9.05 Å². The zero-order valence-electron chi connectivity index (χ0n) is 8.15. The fourth-order valence-electron chi connectivity index (χ4n) is 0.817. The minimum absolute atomic E-state index is 0.0798. The van der Waals surface area contributed by atoms with E-state index in [0.717, 1.165) is 0 Å². The van der Waals surface area contributed by atoms with Crippen LogP contribution in [0.4, 0.5) is 0 Å². The lowest BCUT2D eigenvalue weighted by molar-refractivity contribution is -0.104. The molecule has 76 valence electrons. The first-order chi connectivity index (χ1) is 6.14. The Balaban J connectivity index is 4.76. The van der Waals surface area contributed by atoms with Gasteiger partial charge in [0.15, 0.2) is 6.29 Å². The lowest BCUT2D eigenvalue weighted by Crippen LogP contribution is -1.99. The standard InChI is InChI=1S/C8H15O4P/c1-4-8(7-9)13(10,11-5-2)12-6-3/h4,7H,5-6H2,1-3H3/b8-4-. The van der Waals surface area contributed by atoms with Crippen LogP contribution in [0.2, 0.25) is 0 Å². The van der Waals surface area contributed by atoms with Crippen LogP contribution in [0, 0.1) is 0 Å². The summed E-state index contributed by atoms with van der Waals surface area (Å²) in [4.78, 5) is 10.5. The van der Waals surface area contributed by atoms with E-state index < -0.39 is 7.60 Å². The summed E-state index contributed by atoms with van der Waals surface area (Å²) in [6.07, 6.45) is 1.95. The molecule has 0 fully saturated rings. The Hall–Kier alpha value is -0.440. The first kappa shape index (κ1) is 12.6. The molecule has 0 aromatic carbocycles. The molecule has 0 radical (unpaired) electrons. The number of hydrogen-bond acceptors (Lipinski definition) is 4. The molecule has 0 heterocycles. The van der Waals surface area contributed by atoms with Crippen molar-refractivity contribution in [2.24, 2.45) is 0 Å². The Labute approximate surface area is 78.5 Å².